The van der Waals surface area contributed by atoms with Crippen LogP contribution in [0, 0.1) is 11.3 Å². The summed E-state index contributed by atoms with van der Waals surface area (Å²) in [5, 5.41) is 0.861. The highest BCUT2D eigenvalue weighted by Gasteiger charge is 2.49. The van der Waals surface area contributed by atoms with Crippen LogP contribution in [0.4, 0.5) is 13.2 Å². The third-order valence-corrected chi connectivity index (χ3v) is 4.36. The molecule has 0 bridgehead atoms. The van der Waals surface area contributed by atoms with Gasteiger partial charge in [-0.3, -0.25) is 0 Å². The monoisotopic (exact) mass is 329 g/mol. The fourth-order valence-electron chi connectivity index (χ4n) is 1.62. The highest BCUT2D eigenvalue weighted by Crippen LogP contribution is 2.35. The Morgan fingerprint density at radius 2 is 1.86 bits per heavy atom. The van der Waals surface area contributed by atoms with Crippen LogP contribution in [0.3, 0.4) is 0 Å². The number of halogens is 3. The highest BCUT2D eigenvalue weighted by molar-refractivity contribution is 7.96. The molecule has 5 nitrogen and oxygen atoms in total. The second kappa shape index (κ2) is 5.51. The molecule has 0 unspecified atom stereocenters. The van der Waals surface area contributed by atoms with E-state index in [1.807, 2.05) is 0 Å². The standard InChI is InChI=1S/C12H18F3NO4S/c1-8-5-9(21(18,19)12(13,14)15)7-16(6-8)20-10(17)11(2,3)4/h7-8H,5-6H2,1-4H3/t8-/m1/s1. The van der Waals surface area contributed by atoms with Crippen molar-refractivity contribution in [1.82, 2.24) is 5.06 Å². The molecule has 1 aliphatic rings. The molecule has 0 aromatic carbocycles. The van der Waals surface area contributed by atoms with Crippen molar-refractivity contribution in [3.05, 3.63) is 11.1 Å². The van der Waals surface area contributed by atoms with Crippen molar-refractivity contribution < 1.29 is 31.2 Å². The summed E-state index contributed by atoms with van der Waals surface area (Å²) in [6, 6.07) is 0. The summed E-state index contributed by atoms with van der Waals surface area (Å²) in [7, 11) is -5.41. The van der Waals surface area contributed by atoms with Crippen LogP contribution in [-0.2, 0) is 19.5 Å². The fourth-order valence-corrected chi connectivity index (χ4v) is 2.67. The van der Waals surface area contributed by atoms with E-state index in [1.165, 1.54) is 0 Å². The second-order valence-electron chi connectivity index (χ2n) is 6.08. The van der Waals surface area contributed by atoms with Crippen LogP contribution in [-0.4, -0.2) is 31.5 Å². The van der Waals surface area contributed by atoms with Crippen LogP contribution in [0.1, 0.15) is 34.1 Å². The molecule has 21 heavy (non-hydrogen) atoms. The smallest absolute Gasteiger partial charge is 0.341 e. The molecule has 0 N–H and O–H groups in total. The molecule has 0 saturated carbocycles. The van der Waals surface area contributed by atoms with E-state index in [-0.39, 0.29) is 13.0 Å². The summed E-state index contributed by atoms with van der Waals surface area (Å²) in [5.41, 5.74) is -6.22. The van der Waals surface area contributed by atoms with Crippen LogP contribution in [0.2, 0.25) is 0 Å². The molecule has 122 valence electrons. The number of rotatable bonds is 2. The largest absolute Gasteiger partial charge is 0.501 e. The Morgan fingerprint density at radius 1 is 1.33 bits per heavy atom. The number of hydrogen-bond donors (Lipinski definition) is 0. The summed E-state index contributed by atoms with van der Waals surface area (Å²) in [6.45, 7) is 6.47. The minimum absolute atomic E-state index is 0.138. The lowest BCUT2D eigenvalue weighted by atomic mass is 9.98. The Hall–Kier alpha value is -1.25. The molecular formula is C12H18F3NO4S. The summed E-state index contributed by atoms with van der Waals surface area (Å²) in [6.07, 6.45) is 0.498. The lowest BCUT2D eigenvalue weighted by Crippen LogP contribution is -2.37. The molecule has 0 aromatic rings. The van der Waals surface area contributed by atoms with E-state index in [2.05, 4.69) is 0 Å². The van der Waals surface area contributed by atoms with Crippen LogP contribution < -0.4 is 0 Å². The van der Waals surface area contributed by atoms with Crippen molar-refractivity contribution in [3.8, 4) is 0 Å². The third kappa shape index (κ3) is 4.12. The van der Waals surface area contributed by atoms with Crippen molar-refractivity contribution in [2.24, 2.45) is 11.3 Å². The predicted octanol–water partition coefficient (Wildman–Crippen LogP) is 2.61. The summed E-state index contributed by atoms with van der Waals surface area (Å²) in [4.78, 5) is 15.9. The fraction of sp³-hybridized carbons (Fsp3) is 0.750. The highest BCUT2D eigenvalue weighted by atomic mass is 32.2. The molecule has 0 aliphatic carbocycles. The number of hydrogen-bond acceptors (Lipinski definition) is 5. The summed E-state index contributed by atoms with van der Waals surface area (Å²) < 4.78 is 60.5. The van der Waals surface area contributed by atoms with Crippen LogP contribution >= 0.6 is 0 Å². The predicted molar refractivity (Wildman–Crippen MR) is 69.1 cm³/mol. The third-order valence-electron chi connectivity index (χ3n) is 2.79. The Labute approximate surface area is 121 Å². The van der Waals surface area contributed by atoms with E-state index >= 15 is 0 Å². The molecule has 1 aliphatic heterocycles. The minimum Gasteiger partial charge on any atom is -0.341 e. The van der Waals surface area contributed by atoms with Gasteiger partial charge in [-0.25, -0.2) is 18.3 Å². The van der Waals surface area contributed by atoms with Gasteiger partial charge in [-0.05, 0) is 33.1 Å². The molecule has 1 atom stereocenters. The zero-order chi connectivity index (χ0) is 16.6. The average Bonchev–Trinajstić information content (AvgIpc) is 2.25. The van der Waals surface area contributed by atoms with Crippen molar-refractivity contribution >= 4 is 15.8 Å². The van der Waals surface area contributed by atoms with E-state index in [1.54, 1.807) is 27.7 Å². The lowest BCUT2D eigenvalue weighted by Gasteiger charge is -2.31. The molecular weight excluding hydrogens is 311 g/mol. The number of hydroxylamine groups is 2. The molecule has 1 heterocycles. The van der Waals surface area contributed by atoms with Gasteiger partial charge in [-0.15, -0.1) is 0 Å². The molecule has 0 fully saturated rings. The van der Waals surface area contributed by atoms with Gasteiger partial charge in [-0.2, -0.15) is 13.2 Å². The molecule has 1 rings (SSSR count). The van der Waals surface area contributed by atoms with Gasteiger partial charge < -0.3 is 4.84 Å². The number of carbonyl (C=O) groups is 1. The van der Waals surface area contributed by atoms with Gasteiger partial charge in [0.25, 0.3) is 9.84 Å². The van der Waals surface area contributed by atoms with Crippen molar-refractivity contribution in [1.29, 1.82) is 0 Å². The molecule has 0 saturated heterocycles. The molecule has 0 amide bonds. The quantitative estimate of drug-likeness (QED) is 0.779. The second-order valence-corrected chi connectivity index (χ2v) is 8.08. The van der Waals surface area contributed by atoms with Crippen molar-refractivity contribution in [2.45, 2.75) is 39.6 Å². The maximum Gasteiger partial charge on any atom is 0.501 e. The van der Waals surface area contributed by atoms with Gasteiger partial charge in [0, 0.05) is 0 Å². The Balaban J connectivity index is 3.05. The van der Waals surface area contributed by atoms with Gasteiger partial charge in [0.15, 0.2) is 0 Å². The molecule has 0 radical (unpaired) electrons. The first-order valence-electron chi connectivity index (χ1n) is 6.26. The van der Waals surface area contributed by atoms with Crippen molar-refractivity contribution in [3.63, 3.8) is 0 Å². The number of nitrogens with zero attached hydrogens (tertiary/aromatic N) is 1. The van der Waals surface area contributed by atoms with Gasteiger partial charge in [-0.1, -0.05) is 6.92 Å². The molecule has 0 aromatic heterocycles. The van der Waals surface area contributed by atoms with Gasteiger partial charge >= 0.3 is 11.5 Å². The number of alkyl halides is 3. The first-order chi connectivity index (χ1) is 9.25. The first kappa shape index (κ1) is 17.8. The van der Waals surface area contributed by atoms with E-state index in [9.17, 15) is 26.4 Å². The summed E-state index contributed by atoms with van der Waals surface area (Å²) in [5.74, 6) is -1.05. The first-order valence-corrected chi connectivity index (χ1v) is 7.74. The van der Waals surface area contributed by atoms with Crippen LogP contribution in [0.25, 0.3) is 0 Å². The SMILES string of the molecule is C[C@@H]1CC(S(=O)(=O)C(F)(F)F)=CN(OC(=O)C(C)(C)C)C1. The number of sulfone groups is 1. The average molecular weight is 329 g/mol. The zero-order valence-corrected chi connectivity index (χ0v) is 13.0. The maximum atomic E-state index is 12.6. The van der Waals surface area contributed by atoms with Gasteiger partial charge in [0.05, 0.1) is 23.1 Å². The molecule has 9 heteroatoms. The summed E-state index contributed by atoms with van der Waals surface area (Å²) >= 11 is 0. The van der Waals surface area contributed by atoms with Crippen molar-refractivity contribution in [2.75, 3.05) is 6.54 Å². The normalized spacial score (nSPS) is 21.0. The Bertz CT molecular complexity index is 546. The topological polar surface area (TPSA) is 63.7 Å². The van der Waals surface area contributed by atoms with E-state index in [0.717, 1.165) is 11.3 Å². The maximum absolute atomic E-state index is 12.6. The zero-order valence-electron chi connectivity index (χ0n) is 12.2. The van der Waals surface area contributed by atoms with Crippen LogP contribution in [0.5, 0.6) is 0 Å². The lowest BCUT2D eigenvalue weighted by molar-refractivity contribution is -0.191. The van der Waals surface area contributed by atoms with E-state index in [0.29, 0.717) is 0 Å². The van der Waals surface area contributed by atoms with Gasteiger partial charge in [0.2, 0.25) is 0 Å². The van der Waals surface area contributed by atoms with E-state index < -0.39 is 37.6 Å². The molecule has 0 spiro atoms. The number of carbonyl (C=O) groups excluding carboxylic acids is 1. The Morgan fingerprint density at radius 3 is 2.29 bits per heavy atom. The minimum atomic E-state index is -5.41. The van der Waals surface area contributed by atoms with Crippen LogP contribution in [0.15, 0.2) is 11.1 Å². The van der Waals surface area contributed by atoms with Gasteiger partial charge in [0.1, 0.15) is 0 Å². The Kier molecular flexibility index (Phi) is 4.67. The number of allylic oxidation sites excluding steroid dienone is 1. The van der Waals surface area contributed by atoms with E-state index in [4.69, 9.17) is 4.84 Å².